The Morgan fingerprint density at radius 2 is 1.77 bits per heavy atom. The molecule has 4 atom stereocenters. The smallest absolute Gasteiger partial charge is 0.232 e. The number of hydrogen-bond donors (Lipinski definition) is 0. The number of carbonyl (C=O) groups excluding carboxylic acids is 1. The SMILES string of the molecule is C=CCC1(C)CC(c2cccc(Cl)c2)C(c2ccc(Cl)cc2)N(C(CN(c2cccc(C#N)c2)S(C)(=O)=O)C2CC2)C1=O. The molecule has 2 fully saturated rings. The van der Waals surface area contributed by atoms with Gasteiger partial charge in [-0.2, -0.15) is 5.26 Å². The van der Waals surface area contributed by atoms with E-state index in [0.717, 1.165) is 24.0 Å². The van der Waals surface area contributed by atoms with E-state index < -0.39 is 27.5 Å². The summed E-state index contributed by atoms with van der Waals surface area (Å²) in [5, 5.41) is 10.7. The summed E-state index contributed by atoms with van der Waals surface area (Å²) < 4.78 is 28.0. The number of likely N-dealkylation sites (tertiary alicyclic amines) is 1. The van der Waals surface area contributed by atoms with Crippen molar-refractivity contribution in [3.05, 3.63) is 112 Å². The topological polar surface area (TPSA) is 81.5 Å². The van der Waals surface area contributed by atoms with Gasteiger partial charge in [-0.15, -0.1) is 6.58 Å². The third-order valence-corrected chi connectivity index (χ3v) is 10.4. The molecule has 4 unspecified atom stereocenters. The molecule has 43 heavy (non-hydrogen) atoms. The Labute approximate surface area is 264 Å². The van der Waals surface area contributed by atoms with Crippen molar-refractivity contribution in [2.45, 2.75) is 50.6 Å². The van der Waals surface area contributed by atoms with Gasteiger partial charge in [0.05, 0.1) is 47.6 Å². The van der Waals surface area contributed by atoms with Crippen LogP contribution in [0.3, 0.4) is 0 Å². The van der Waals surface area contributed by atoms with Gasteiger partial charge in [0, 0.05) is 16.0 Å². The monoisotopic (exact) mass is 635 g/mol. The summed E-state index contributed by atoms with van der Waals surface area (Å²) in [7, 11) is -3.76. The Bertz CT molecular complexity index is 1670. The second kappa shape index (κ2) is 12.4. The van der Waals surface area contributed by atoms with Crippen molar-refractivity contribution in [3.8, 4) is 6.07 Å². The number of piperidine rings is 1. The van der Waals surface area contributed by atoms with Gasteiger partial charge in [-0.05, 0) is 85.2 Å². The summed E-state index contributed by atoms with van der Waals surface area (Å²) in [4.78, 5) is 16.8. The molecule has 224 valence electrons. The average molecular weight is 637 g/mol. The predicted octanol–water partition coefficient (Wildman–Crippen LogP) is 7.75. The van der Waals surface area contributed by atoms with Crippen LogP contribution >= 0.6 is 23.2 Å². The maximum absolute atomic E-state index is 14.8. The van der Waals surface area contributed by atoms with Gasteiger partial charge in [0.15, 0.2) is 0 Å². The van der Waals surface area contributed by atoms with Gasteiger partial charge < -0.3 is 4.90 Å². The van der Waals surface area contributed by atoms with Crippen molar-refractivity contribution >= 4 is 44.8 Å². The molecule has 1 saturated carbocycles. The molecule has 0 N–H and O–H groups in total. The zero-order valence-electron chi connectivity index (χ0n) is 24.3. The maximum Gasteiger partial charge on any atom is 0.232 e. The number of rotatable bonds is 10. The molecule has 3 aromatic carbocycles. The number of benzene rings is 3. The Morgan fingerprint density at radius 1 is 1.07 bits per heavy atom. The molecule has 1 aliphatic heterocycles. The quantitative estimate of drug-likeness (QED) is 0.213. The zero-order chi connectivity index (χ0) is 30.9. The fourth-order valence-corrected chi connectivity index (χ4v) is 7.78. The number of hydrogen-bond acceptors (Lipinski definition) is 4. The largest absolute Gasteiger partial charge is 0.329 e. The minimum Gasteiger partial charge on any atom is -0.329 e. The first-order valence-electron chi connectivity index (χ1n) is 14.4. The average Bonchev–Trinajstić information content (AvgIpc) is 3.81. The molecule has 1 heterocycles. The molecule has 1 amide bonds. The highest BCUT2D eigenvalue weighted by Gasteiger charge is 2.54. The van der Waals surface area contributed by atoms with Crippen LogP contribution in [0.1, 0.15) is 61.3 Å². The van der Waals surface area contributed by atoms with Crippen LogP contribution < -0.4 is 4.31 Å². The van der Waals surface area contributed by atoms with E-state index in [2.05, 4.69) is 12.6 Å². The lowest BCUT2D eigenvalue weighted by Crippen LogP contribution is -2.59. The molecule has 2 aliphatic rings. The van der Waals surface area contributed by atoms with E-state index in [1.54, 1.807) is 30.3 Å². The molecular formula is C34H35Cl2N3O3S. The highest BCUT2D eigenvalue weighted by molar-refractivity contribution is 7.92. The summed E-state index contributed by atoms with van der Waals surface area (Å²) in [6.45, 7) is 6.02. The van der Waals surface area contributed by atoms with Crippen LogP contribution in [0.25, 0.3) is 0 Å². The van der Waals surface area contributed by atoms with E-state index in [1.807, 2.05) is 60.4 Å². The molecule has 3 aromatic rings. The predicted molar refractivity (Wildman–Crippen MR) is 173 cm³/mol. The van der Waals surface area contributed by atoms with Gasteiger partial charge in [-0.25, -0.2) is 8.42 Å². The summed E-state index contributed by atoms with van der Waals surface area (Å²) in [5.74, 6) is -0.0348. The Kier molecular flexibility index (Phi) is 8.94. The molecular weight excluding hydrogens is 601 g/mol. The standard InChI is InChI=1S/C34H35Cl2N3O3S/c1-4-17-34(2)20-30(26-8-6-9-28(36)19-26)32(25-13-15-27(35)16-14-25)39(33(34)40)31(24-11-12-24)22-38(43(3,41)42)29-10-5-7-23(18-29)21-37/h4-10,13-16,18-19,24,30-32H,1,11-12,17,20,22H2,2-3H3. The number of amides is 1. The molecule has 0 aromatic heterocycles. The highest BCUT2D eigenvalue weighted by Crippen LogP contribution is 2.54. The van der Waals surface area contributed by atoms with Crippen LogP contribution in [0.15, 0.2) is 85.5 Å². The first kappa shape index (κ1) is 31.1. The number of nitrogens with zero attached hydrogens (tertiary/aromatic N) is 3. The van der Waals surface area contributed by atoms with Crippen molar-refractivity contribution in [2.24, 2.45) is 11.3 Å². The maximum atomic E-state index is 14.8. The van der Waals surface area contributed by atoms with Crippen LogP contribution in [-0.4, -0.2) is 38.1 Å². The van der Waals surface area contributed by atoms with Crippen LogP contribution in [0.2, 0.25) is 10.0 Å². The van der Waals surface area contributed by atoms with E-state index in [-0.39, 0.29) is 24.3 Å². The fourth-order valence-electron chi connectivity index (χ4n) is 6.53. The van der Waals surface area contributed by atoms with Gasteiger partial charge in [0.2, 0.25) is 15.9 Å². The van der Waals surface area contributed by atoms with Crippen molar-refractivity contribution in [3.63, 3.8) is 0 Å². The number of carbonyl (C=O) groups is 1. The summed E-state index contributed by atoms with van der Waals surface area (Å²) in [6.07, 6.45) is 5.77. The molecule has 1 aliphatic carbocycles. The summed E-state index contributed by atoms with van der Waals surface area (Å²) in [5.41, 5.74) is 1.94. The van der Waals surface area contributed by atoms with Crippen LogP contribution in [0.4, 0.5) is 5.69 Å². The molecule has 1 saturated heterocycles. The molecule has 6 nitrogen and oxygen atoms in total. The van der Waals surface area contributed by atoms with E-state index >= 15 is 0 Å². The van der Waals surface area contributed by atoms with Crippen molar-refractivity contribution < 1.29 is 13.2 Å². The first-order chi connectivity index (χ1) is 20.4. The van der Waals surface area contributed by atoms with Crippen LogP contribution in [-0.2, 0) is 14.8 Å². The van der Waals surface area contributed by atoms with Crippen LogP contribution in [0, 0.1) is 22.7 Å². The third kappa shape index (κ3) is 6.62. The Hall–Kier alpha value is -3.31. The van der Waals surface area contributed by atoms with E-state index in [0.29, 0.717) is 34.1 Å². The lowest BCUT2D eigenvalue weighted by atomic mass is 9.67. The fraction of sp³-hybridized carbons (Fsp3) is 0.353. The lowest BCUT2D eigenvalue weighted by molar-refractivity contribution is -0.154. The van der Waals surface area contributed by atoms with E-state index in [4.69, 9.17) is 23.2 Å². The summed E-state index contributed by atoms with van der Waals surface area (Å²) in [6, 6.07) is 23.2. The van der Waals surface area contributed by atoms with Crippen molar-refractivity contribution in [2.75, 3.05) is 17.1 Å². The molecule has 9 heteroatoms. The first-order valence-corrected chi connectivity index (χ1v) is 17.0. The van der Waals surface area contributed by atoms with Gasteiger partial charge in [0.1, 0.15) is 0 Å². The number of anilines is 1. The zero-order valence-corrected chi connectivity index (χ0v) is 26.6. The number of halogens is 2. The van der Waals surface area contributed by atoms with Gasteiger partial charge >= 0.3 is 0 Å². The molecule has 0 bridgehead atoms. The van der Waals surface area contributed by atoms with Gasteiger partial charge in [-0.3, -0.25) is 9.10 Å². The highest BCUT2D eigenvalue weighted by atomic mass is 35.5. The normalized spacial score (nSPS) is 23.0. The van der Waals surface area contributed by atoms with E-state index in [1.165, 1.54) is 10.6 Å². The Morgan fingerprint density at radius 3 is 2.37 bits per heavy atom. The minimum absolute atomic E-state index is 0.0262. The van der Waals surface area contributed by atoms with Gasteiger partial charge in [0.25, 0.3) is 0 Å². The number of sulfonamides is 1. The number of nitriles is 1. The lowest BCUT2D eigenvalue weighted by Gasteiger charge is -2.52. The van der Waals surface area contributed by atoms with Gasteiger partial charge in [-0.1, -0.05) is 66.5 Å². The molecule has 0 radical (unpaired) electrons. The van der Waals surface area contributed by atoms with E-state index in [9.17, 15) is 18.5 Å². The minimum atomic E-state index is -3.76. The number of allylic oxidation sites excluding steroid dienone is 1. The Balaban J connectivity index is 1.70. The second-order valence-corrected chi connectivity index (χ2v) is 14.8. The second-order valence-electron chi connectivity index (χ2n) is 12.0. The molecule has 0 spiro atoms. The van der Waals surface area contributed by atoms with Crippen LogP contribution in [0.5, 0.6) is 0 Å². The third-order valence-electron chi connectivity index (χ3n) is 8.73. The van der Waals surface area contributed by atoms with Crippen molar-refractivity contribution in [1.82, 2.24) is 4.90 Å². The molecule has 5 rings (SSSR count). The summed E-state index contributed by atoms with van der Waals surface area (Å²) >= 11 is 12.8. The van der Waals surface area contributed by atoms with Crippen molar-refractivity contribution in [1.29, 1.82) is 5.26 Å².